The molecule has 0 aliphatic heterocycles. The van der Waals surface area contributed by atoms with Gasteiger partial charge in [-0.25, -0.2) is 4.57 Å². The molecular formula is C16H34O7P2-2. The predicted octanol–water partition coefficient (Wildman–Crippen LogP) is 4.69. The van der Waals surface area contributed by atoms with Gasteiger partial charge in [-0.15, -0.1) is 0 Å². The molecule has 0 bridgehead atoms. The summed E-state index contributed by atoms with van der Waals surface area (Å²) in [6.45, 7) is 4.34. The summed E-state index contributed by atoms with van der Waals surface area (Å²) in [6.07, 6.45) is 11.9. The average molecular weight is 400 g/mol. The highest BCUT2D eigenvalue weighted by Gasteiger charge is 2.28. The van der Waals surface area contributed by atoms with Crippen molar-refractivity contribution in [2.24, 2.45) is 0 Å². The van der Waals surface area contributed by atoms with Crippen LogP contribution in [-0.4, -0.2) is 13.2 Å². The van der Waals surface area contributed by atoms with Gasteiger partial charge in [-0.1, -0.05) is 78.1 Å². The molecule has 0 radical (unpaired) electrons. The van der Waals surface area contributed by atoms with Crippen molar-refractivity contribution in [2.75, 3.05) is 13.2 Å². The second-order valence-electron chi connectivity index (χ2n) is 6.18. The van der Waals surface area contributed by atoms with E-state index in [9.17, 15) is 18.9 Å². The van der Waals surface area contributed by atoms with Gasteiger partial charge in [-0.2, -0.15) is 0 Å². The minimum atomic E-state index is -5.44. The van der Waals surface area contributed by atoms with Crippen molar-refractivity contribution in [3.8, 4) is 0 Å². The Morgan fingerprint density at radius 1 is 0.640 bits per heavy atom. The van der Waals surface area contributed by atoms with Crippen LogP contribution in [0.15, 0.2) is 0 Å². The molecule has 0 aromatic rings. The maximum atomic E-state index is 12.3. The van der Waals surface area contributed by atoms with Crippen molar-refractivity contribution in [3.63, 3.8) is 0 Å². The second kappa shape index (κ2) is 15.3. The summed E-state index contributed by atoms with van der Waals surface area (Å²) in [5.41, 5.74) is 0. The van der Waals surface area contributed by atoms with Gasteiger partial charge in [0.2, 0.25) is 0 Å². The summed E-state index contributed by atoms with van der Waals surface area (Å²) in [6, 6.07) is 0. The molecular weight excluding hydrogens is 366 g/mol. The van der Waals surface area contributed by atoms with Crippen LogP contribution in [0.4, 0.5) is 0 Å². The van der Waals surface area contributed by atoms with Crippen molar-refractivity contribution in [2.45, 2.75) is 90.9 Å². The highest BCUT2D eigenvalue weighted by Crippen LogP contribution is 2.58. The maximum Gasteiger partial charge on any atom is 0.478 e. The van der Waals surface area contributed by atoms with Gasteiger partial charge in [0.25, 0.3) is 0 Å². The lowest BCUT2D eigenvalue weighted by molar-refractivity contribution is -0.334. The SMILES string of the molecule is CCCCCCCCOP(=O)(OCCCCCCCC)OP(=O)([O-])[O-]. The van der Waals surface area contributed by atoms with Gasteiger partial charge < -0.3 is 14.4 Å². The number of unbranched alkanes of at least 4 members (excludes halogenated alkanes) is 10. The third kappa shape index (κ3) is 17.4. The molecule has 0 heterocycles. The van der Waals surface area contributed by atoms with Crippen LogP contribution in [0.5, 0.6) is 0 Å². The molecule has 152 valence electrons. The van der Waals surface area contributed by atoms with Crippen LogP contribution in [-0.2, 0) is 22.5 Å². The Balaban J connectivity index is 4.08. The van der Waals surface area contributed by atoms with E-state index in [0.717, 1.165) is 51.4 Å². The first kappa shape index (κ1) is 25.3. The Morgan fingerprint density at radius 3 is 1.36 bits per heavy atom. The van der Waals surface area contributed by atoms with Crippen molar-refractivity contribution < 1.29 is 32.3 Å². The summed E-state index contributed by atoms with van der Waals surface area (Å²) in [5.74, 6) is 0. The number of phosphoric acid groups is 2. The van der Waals surface area contributed by atoms with Crippen LogP contribution in [0.2, 0.25) is 0 Å². The Kier molecular flexibility index (Phi) is 15.5. The molecule has 0 aliphatic carbocycles. The van der Waals surface area contributed by atoms with Gasteiger partial charge in [0, 0.05) is 0 Å². The largest absolute Gasteiger partial charge is 0.789 e. The van der Waals surface area contributed by atoms with E-state index in [2.05, 4.69) is 18.2 Å². The summed E-state index contributed by atoms with van der Waals surface area (Å²) in [7, 11) is -9.79. The first-order chi connectivity index (χ1) is 11.8. The third-order valence-electron chi connectivity index (χ3n) is 3.69. The lowest BCUT2D eigenvalue weighted by Crippen LogP contribution is -2.17. The Bertz CT molecular complexity index is 376. The summed E-state index contributed by atoms with van der Waals surface area (Å²) in [5, 5.41) is 0. The molecule has 0 aromatic carbocycles. The van der Waals surface area contributed by atoms with E-state index in [1.807, 2.05) is 0 Å². The van der Waals surface area contributed by atoms with E-state index in [0.29, 0.717) is 12.8 Å². The van der Waals surface area contributed by atoms with Crippen LogP contribution < -0.4 is 9.79 Å². The first-order valence-electron chi connectivity index (χ1n) is 9.45. The summed E-state index contributed by atoms with van der Waals surface area (Å²) >= 11 is 0. The second-order valence-corrected chi connectivity index (χ2v) is 9.14. The smallest absolute Gasteiger partial charge is 0.478 e. The van der Waals surface area contributed by atoms with E-state index >= 15 is 0 Å². The van der Waals surface area contributed by atoms with Gasteiger partial charge >= 0.3 is 7.82 Å². The van der Waals surface area contributed by atoms with Crippen LogP contribution >= 0.6 is 15.6 Å². The Labute approximate surface area is 152 Å². The van der Waals surface area contributed by atoms with Crippen LogP contribution in [0.3, 0.4) is 0 Å². The highest BCUT2D eigenvalue weighted by atomic mass is 31.3. The molecule has 0 saturated heterocycles. The Hall–Kier alpha value is 0.260. The van der Waals surface area contributed by atoms with Gasteiger partial charge in [-0.3, -0.25) is 13.4 Å². The fourth-order valence-electron chi connectivity index (χ4n) is 2.32. The highest BCUT2D eigenvalue weighted by molar-refractivity contribution is 7.60. The molecule has 0 aromatic heterocycles. The number of rotatable bonds is 18. The Morgan fingerprint density at radius 2 is 1.00 bits per heavy atom. The number of hydrogen-bond donors (Lipinski definition) is 0. The fourth-order valence-corrected chi connectivity index (χ4v) is 4.46. The van der Waals surface area contributed by atoms with Crippen molar-refractivity contribution in [1.82, 2.24) is 0 Å². The maximum absolute atomic E-state index is 12.3. The lowest BCUT2D eigenvalue weighted by atomic mass is 10.1. The molecule has 0 spiro atoms. The van der Waals surface area contributed by atoms with E-state index in [1.165, 1.54) is 12.8 Å². The van der Waals surface area contributed by atoms with E-state index in [4.69, 9.17) is 9.05 Å². The van der Waals surface area contributed by atoms with Gasteiger partial charge in [0.1, 0.15) is 0 Å². The third-order valence-corrected chi connectivity index (χ3v) is 6.29. The zero-order chi connectivity index (χ0) is 19.0. The zero-order valence-corrected chi connectivity index (χ0v) is 17.4. The minimum Gasteiger partial charge on any atom is -0.789 e. The molecule has 7 nitrogen and oxygen atoms in total. The zero-order valence-electron chi connectivity index (χ0n) is 15.7. The van der Waals surface area contributed by atoms with Crippen molar-refractivity contribution in [1.29, 1.82) is 0 Å². The van der Waals surface area contributed by atoms with E-state index in [1.54, 1.807) is 0 Å². The van der Waals surface area contributed by atoms with Crippen molar-refractivity contribution >= 4 is 15.6 Å². The molecule has 0 saturated carbocycles. The molecule has 0 fully saturated rings. The van der Waals surface area contributed by atoms with E-state index in [-0.39, 0.29) is 13.2 Å². The quantitative estimate of drug-likeness (QED) is 0.242. The van der Waals surface area contributed by atoms with Crippen LogP contribution in [0, 0.1) is 0 Å². The van der Waals surface area contributed by atoms with Gasteiger partial charge in [-0.05, 0) is 12.8 Å². The predicted molar refractivity (Wildman–Crippen MR) is 95.0 cm³/mol. The topological polar surface area (TPSA) is 108 Å². The summed E-state index contributed by atoms with van der Waals surface area (Å²) < 4.78 is 37.1. The molecule has 0 rings (SSSR count). The average Bonchev–Trinajstić information content (AvgIpc) is 2.51. The molecule has 0 unspecified atom stereocenters. The fraction of sp³-hybridized carbons (Fsp3) is 1.00. The van der Waals surface area contributed by atoms with Crippen molar-refractivity contribution in [3.05, 3.63) is 0 Å². The van der Waals surface area contributed by atoms with Gasteiger partial charge in [0.15, 0.2) is 0 Å². The normalized spacial score (nSPS) is 12.6. The minimum absolute atomic E-state index is 0.0416. The monoisotopic (exact) mass is 400 g/mol. The van der Waals surface area contributed by atoms with Gasteiger partial charge in [0.05, 0.1) is 21.0 Å². The standard InChI is InChI=1S/C16H36O7P2/c1-3-5-7-9-11-13-15-21-25(20,23-24(17,18)19)22-16-14-12-10-8-6-4-2/h3-16H2,1-2H3,(H2,17,18,19)/p-2. The van der Waals surface area contributed by atoms with Crippen LogP contribution in [0.1, 0.15) is 90.9 Å². The first-order valence-corrected chi connectivity index (χ1v) is 12.4. The molecule has 0 N–H and O–H groups in total. The van der Waals surface area contributed by atoms with Crippen LogP contribution in [0.25, 0.3) is 0 Å². The number of phosphoric ester groups is 1. The molecule has 0 atom stereocenters. The molecule has 25 heavy (non-hydrogen) atoms. The molecule has 0 amide bonds. The number of hydrogen-bond acceptors (Lipinski definition) is 7. The summed E-state index contributed by atoms with van der Waals surface area (Å²) in [4.78, 5) is 21.6. The lowest BCUT2D eigenvalue weighted by Gasteiger charge is -2.31. The molecule has 9 heteroatoms. The van der Waals surface area contributed by atoms with E-state index < -0.39 is 15.6 Å². The molecule has 0 aliphatic rings.